The summed E-state index contributed by atoms with van der Waals surface area (Å²) in [7, 11) is 0. The van der Waals surface area contributed by atoms with Gasteiger partial charge in [-0.3, -0.25) is 4.79 Å². The Morgan fingerprint density at radius 1 is 1.57 bits per heavy atom. The lowest BCUT2D eigenvalue weighted by Crippen LogP contribution is -2.22. The Hall–Kier alpha value is -0.580. The first-order valence-corrected chi connectivity index (χ1v) is 4.56. The first-order chi connectivity index (χ1) is 6.04. The van der Waals surface area contributed by atoms with Crippen molar-refractivity contribution in [3.8, 4) is 0 Å². The van der Waals surface area contributed by atoms with Crippen molar-refractivity contribution < 1.29 is 9.90 Å². The lowest BCUT2D eigenvalue weighted by atomic mass is 10.0. The molecule has 1 atom stereocenters. The molecule has 1 aromatic carbocycles. The van der Waals surface area contributed by atoms with Gasteiger partial charge in [-0.05, 0) is 24.1 Å². The van der Waals surface area contributed by atoms with Gasteiger partial charge in [0.2, 0.25) is 0 Å². The highest BCUT2D eigenvalue weighted by atomic mass is 79.9. The molecule has 0 spiro atoms. The van der Waals surface area contributed by atoms with E-state index in [1.54, 1.807) is 6.07 Å². The van der Waals surface area contributed by atoms with E-state index in [0.29, 0.717) is 5.56 Å². The van der Waals surface area contributed by atoms with Crippen molar-refractivity contribution in [3.63, 3.8) is 0 Å². The van der Waals surface area contributed by atoms with E-state index >= 15 is 0 Å². The molecule has 1 aromatic rings. The summed E-state index contributed by atoms with van der Waals surface area (Å²) >= 11 is 3.27. The van der Waals surface area contributed by atoms with Crippen LogP contribution >= 0.6 is 28.3 Å². The van der Waals surface area contributed by atoms with Crippen molar-refractivity contribution in [2.45, 2.75) is 13.0 Å². The Bertz CT molecular complexity index is 323. The van der Waals surface area contributed by atoms with Gasteiger partial charge in [-0.15, -0.1) is 12.4 Å². The Morgan fingerprint density at radius 2 is 2.14 bits per heavy atom. The number of aliphatic carboxylic acids is 1. The van der Waals surface area contributed by atoms with E-state index in [-0.39, 0.29) is 12.4 Å². The number of hydrogen-bond acceptors (Lipinski definition) is 2. The van der Waals surface area contributed by atoms with Crippen LogP contribution < -0.4 is 5.73 Å². The molecule has 0 saturated carbocycles. The summed E-state index contributed by atoms with van der Waals surface area (Å²) in [5, 5.41) is 8.74. The Balaban J connectivity index is 0.00000169. The standard InChI is InChI=1S/C9H10BrNO2.ClH/c1-5-3-2-4-6(10)7(5)8(11)9(12)13;/h2-4,8H,11H2,1H3,(H,12,13);1H. The van der Waals surface area contributed by atoms with E-state index in [9.17, 15) is 4.79 Å². The van der Waals surface area contributed by atoms with E-state index in [2.05, 4.69) is 15.9 Å². The minimum absolute atomic E-state index is 0. The molecule has 5 heteroatoms. The van der Waals surface area contributed by atoms with E-state index in [4.69, 9.17) is 10.8 Å². The second-order valence-electron chi connectivity index (χ2n) is 2.79. The molecule has 78 valence electrons. The van der Waals surface area contributed by atoms with Crippen LogP contribution in [-0.4, -0.2) is 11.1 Å². The van der Waals surface area contributed by atoms with Gasteiger partial charge in [0.15, 0.2) is 0 Å². The third-order valence-electron chi connectivity index (χ3n) is 1.85. The van der Waals surface area contributed by atoms with Crippen LogP contribution in [0.15, 0.2) is 22.7 Å². The molecular formula is C9H11BrClNO2. The molecule has 0 aromatic heterocycles. The highest BCUT2D eigenvalue weighted by Crippen LogP contribution is 2.25. The summed E-state index contributed by atoms with van der Waals surface area (Å²) in [6.45, 7) is 1.84. The zero-order valence-electron chi connectivity index (χ0n) is 7.53. The van der Waals surface area contributed by atoms with Crippen molar-refractivity contribution in [2.75, 3.05) is 0 Å². The van der Waals surface area contributed by atoms with Crippen LogP contribution in [0.25, 0.3) is 0 Å². The van der Waals surface area contributed by atoms with Gasteiger partial charge in [-0.2, -0.15) is 0 Å². The molecule has 3 nitrogen and oxygen atoms in total. The predicted octanol–water partition coefficient (Wildman–Crippen LogP) is 2.26. The second kappa shape index (κ2) is 5.34. The molecule has 3 N–H and O–H groups in total. The number of rotatable bonds is 2. The minimum atomic E-state index is -1.02. The molecule has 14 heavy (non-hydrogen) atoms. The Morgan fingerprint density at radius 3 is 2.57 bits per heavy atom. The zero-order valence-corrected chi connectivity index (χ0v) is 9.93. The number of hydrogen-bond donors (Lipinski definition) is 2. The molecule has 0 aliphatic heterocycles. The largest absolute Gasteiger partial charge is 0.480 e. The highest BCUT2D eigenvalue weighted by Gasteiger charge is 2.18. The number of carboxylic acids is 1. The lowest BCUT2D eigenvalue weighted by Gasteiger charge is -2.11. The van der Waals surface area contributed by atoms with E-state index in [1.807, 2.05) is 19.1 Å². The molecule has 0 heterocycles. The van der Waals surface area contributed by atoms with Crippen molar-refractivity contribution in [2.24, 2.45) is 5.73 Å². The summed E-state index contributed by atoms with van der Waals surface area (Å²) in [5.74, 6) is -1.02. The first-order valence-electron chi connectivity index (χ1n) is 3.77. The van der Waals surface area contributed by atoms with Gasteiger partial charge < -0.3 is 10.8 Å². The molecule has 0 aliphatic carbocycles. The molecule has 1 unspecified atom stereocenters. The molecule has 0 amide bonds. The van der Waals surface area contributed by atoms with Crippen molar-refractivity contribution in [3.05, 3.63) is 33.8 Å². The van der Waals surface area contributed by atoms with Gasteiger partial charge in [-0.1, -0.05) is 28.1 Å². The monoisotopic (exact) mass is 279 g/mol. The molecule has 1 rings (SSSR count). The molecule has 0 fully saturated rings. The maximum atomic E-state index is 10.7. The number of nitrogens with two attached hydrogens (primary N) is 1. The highest BCUT2D eigenvalue weighted by molar-refractivity contribution is 9.10. The quantitative estimate of drug-likeness (QED) is 0.873. The summed E-state index contributed by atoms with van der Waals surface area (Å²) < 4.78 is 0.738. The SMILES string of the molecule is Cc1cccc(Br)c1C(N)C(=O)O.Cl. The van der Waals surface area contributed by atoms with Gasteiger partial charge in [0, 0.05) is 4.47 Å². The zero-order chi connectivity index (χ0) is 10.0. The number of carboxylic acid groups (broad SMARTS) is 1. The minimum Gasteiger partial charge on any atom is -0.480 e. The fourth-order valence-electron chi connectivity index (χ4n) is 1.16. The third kappa shape index (κ3) is 2.70. The van der Waals surface area contributed by atoms with Gasteiger partial charge in [0.1, 0.15) is 6.04 Å². The smallest absolute Gasteiger partial charge is 0.325 e. The van der Waals surface area contributed by atoms with Crippen molar-refractivity contribution in [1.82, 2.24) is 0 Å². The average Bonchev–Trinajstić information content (AvgIpc) is 2.03. The van der Waals surface area contributed by atoms with E-state index < -0.39 is 12.0 Å². The summed E-state index contributed by atoms with van der Waals surface area (Å²) in [6, 6.07) is 4.50. The summed E-state index contributed by atoms with van der Waals surface area (Å²) in [5.41, 5.74) is 7.02. The molecule has 0 aliphatic rings. The second-order valence-corrected chi connectivity index (χ2v) is 3.64. The van der Waals surface area contributed by atoms with Gasteiger partial charge in [0.05, 0.1) is 0 Å². The van der Waals surface area contributed by atoms with Gasteiger partial charge >= 0.3 is 5.97 Å². The lowest BCUT2D eigenvalue weighted by molar-refractivity contribution is -0.138. The van der Waals surface area contributed by atoms with Crippen LogP contribution in [0.5, 0.6) is 0 Å². The van der Waals surface area contributed by atoms with Crippen LogP contribution in [0.4, 0.5) is 0 Å². The molecule has 0 bridgehead atoms. The third-order valence-corrected chi connectivity index (χ3v) is 2.54. The Kier molecular flexibility index (Phi) is 5.12. The maximum absolute atomic E-state index is 10.7. The topological polar surface area (TPSA) is 63.3 Å². The summed E-state index contributed by atoms with van der Waals surface area (Å²) in [6.07, 6.45) is 0. The fourth-order valence-corrected chi connectivity index (χ4v) is 1.87. The van der Waals surface area contributed by atoms with Gasteiger partial charge in [-0.25, -0.2) is 0 Å². The molecular weight excluding hydrogens is 269 g/mol. The number of aryl methyl sites for hydroxylation is 1. The van der Waals surface area contributed by atoms with E-state index in [1.165, 1.54) is 0 Å². The maximum Gasteiger partial charge on any atom is 0.325 e. The predicted molar refractivity (Wildman–Crippen MR) is 60.7 cm³/mol. The number of benzene rings is 1. The first kappa shape index (κ1) is 13.4. The molecule has 0 radical (unpaired) electrons. The van der Waals surface area contributed by atoms with Gasteiger partial charge in [0.25, 0.3) is 0 Å². The van der Waals surface area contributed by atoms with Crippen LogP contribution in [0.1, 0.15) is 17.2 Å². The molecule has 0 saturated heterocycles. The average molecular weight is 281 g/mol. The van der Waals surface area contributed by atoms with Crippen LogP contribution in [0, 0.1) is 6.92 Å². The van der Waals surface area contributed by atoms with E-state index in [0.717, 1.165) is 10.0 Å². The number of carbonyl (C=O) groups is 1. The summed E-state index contributed by atoms with van der Waals surface area (Å²) in [4.78, 5) is 10.7. The van der Waals surface area contributed by atoms with Crippen LogP contribution in [0.3, 0.4) is 0 Å². The van der Waals surface area contributed by atoms with Crippen molar-refractivity contribution in [1.29, 1.82) is 0 Å². The Labute approximate surface area is 96.8 Å². The van der Waals surface area contributed by atoms with Crippen molar-refractivity contribution >= 4 is 34.3 Å². The normalized spacial score (nSPS) is 11.6. The van der Waals surface area contributed by atoms with Crippen LogP contribution in [-0.2, 0) is 4.79 Å². The fraction of sp³-hybridized carbons (Fsp3) is 0.222. The van der Waals surface area contributed by atoms with Crippen LogP contribution in [0.2, 0.25) is 0 Å². The number of halogens is 2.